The molecule has 4 bridgehead atoms. The van der Waals surface area contributed by atoms with Gasteiger partial charge in [-0.05, 0) is 79.3 Å². The van der Waals surface area contributed by atoms with E-state index in [2.05, 4.69) is 26.6 Å². The molecular formula is C38H53N5O7. The summed E-state index contributed by atoms with van der Waals surface area (Å²) in [5, 5.41) is 14.7. The van der Waals surface area contributed by atoms with Gasteiger partial charge < -0.3 is 30.7 Å². The van der Waals surface area contributed by atoms with Gasteiger partial charge in [-0.15, -0.1) is 0 Å². The van der Waals surface area contributed by atoms with Crippen molar-refractivity contribution in [3.05, 3.63) is 59.7 Å². The van der Waals surface area contributed by atoms with E-state index >= 15 is 0 Å². The van der Waals surface area contributed by atoms with E-state index in [1.165, 1.54) is 0 Å². The molecule has 2 aromatic rings. The van der Waals surface area contributed by atoms with Crippen molar-refractivity contribution in [2.45, 2.75) is 96.8 Å². The summed E-state index contributed by atoms with van der Waals surface area (Å²) in [7, 11) is 0. The van der Waals surface area contributed by atoms with Gasteiger partial charge in [0.1, 0.15) is 23.6 Å². The minimum absolute atomic E-state index is 0.133. The second kappa shape index (κ2) is 19.1. The normalized spacial score (nSPS) is 23.6. The van der Waals surface area contributed by atoms with Crippen molar-refractivity contribution in [3.8, 4) is 11.5 Å². The van der Waals surface area contributed by atoms with Crippen LogP contribution >= 0.6 is 0 Å². The number of fused-ring (bicyclic) bond motifs is 25. The molecule has 2 aromatic carbocycles. The van der Waals surface area contributed by atoms with Gasteiger partial charge in [-0.1, -0.05) is 58.4 Å². The summed E-state index contributed by atoms with van der Waals surface area (Å²) < 4.78 is 11.6. The second-order valence-corrected chi connectivity index (χ2v) is 13.6. The number of ketones is 1. The van der Waals surface area contributed by atoms with Crippen LogP contribution in [0.15, 0.2) is 48.5 Å². The molecule has 0 aromatic heterocycles. The summed E-state index contributed by atoms with van der Waals surface area (Å²) in [4.78, 5) is 67.3. The first-order chi connectivity index (χ1) is 24.0. The summed E-state index contributed by atoms with van der Waals surface area (Å²) in [5.74, 6) is -0.694. The molecule has 50 heavy (non-hydrogen) atoms. The molecule has 4 aliphatic heterocycles. The minimum Gasteiger partial charge on any atom is -0.494 e. The predicted octanol–water partition coefficient (Wildman–Crippen LogP) is 2.62. The lowest BCUT2D eigenvalue weighted by Gasteiger charge is -2.28. The van der Waals surface area contributed by atoms with Crippen molar-refractivity contribution in [1.29, 1.82) is 0 Å². The van der Waals surface area contributed by atoms with E-state index < -0.39 is 36.0 Å². The van der Waals surface area contributed by atoms with Gasteiger partial charge in [0, 0.05) is 13.0 Å². The van der Waals surface area contributed by atoms with Crippen LogP contribution in [-0.4, -0.2) is 79.9 Å². The molecule has 4 heterocycles. The molecule has 0 radical (unpaired) electrons. The Morgan fingerprint density at radius 2 is 1.38 bits per heavy atom. The maximum atomic E-state index is 14.0. The van der Waals surface area contributed by atoms with Crippen molar-refractivity contribution in [2.75, 3.05) is 26.3 Å². The lowest BCUT2D eigenvalue weighted by molar-refractivity contribution is -0.132. The molecule has 3 unspecified atom stereocenters. The van der Waals surface area contributed by atoms with E-state index in [1.54, 1.807) is 0 Å². The average molecular weight is 692 g/mol. The molecule has 12 nitrogen and oxygen atoms in total. The van der Waals surface area contributed by atoms with Crippen LogP contribution in [0.2, 0.25) is 0 Å². The zero-order valence-electron chi connectivity index (χ0n) is 29.7. The van der Waals surface area contributed by atoms with Crippen molar-refractivity contribution in [3.63, 3.8) is 0 Å². The van der Waals surface area contributed by atoms with Crippen molar-refractivity contribution in [2.24, 2.45) is 11.8 Å². The number of hydrogen-bond donors (Lipinski definition) is 5. The Labute approximate surface area is 295 Å². The molecule has 0 saturated carbocycles. The summed E-state index contributed by atoms with van der Waals surface area (Å²) in [6.45, 7) is 8.62. The second-order valence-electron chi connectivity index (χ2n) is 13.6. The number of Topliss-reactive ketones (excluding diaryl/α,β-unsaturated/α-hetero) is 1. The van der Waals surface area contributed by atoms with Gasteiger partial charge in [-0.3, -0.25) is 29.3 Å². The standard InChI is InChI=1S/C38H53N5O7/c1-5-25(4)35-37(47)39-18-8-20-50-29-16-12-27(13-17-29)22-31(36(46)43-35)40-23-32(44)30-21-26-10-14-28(15-11-26)49-19-7-6-9-33(45)42-34(24(2)3)38(48)41-30/h10-17,24-25,30-31,34-35,40H,5-9,18-23H2,1-4H3,(H,39,47)(H,41,48)(H,42,45)(H,43,46)/t25?,30-,31?,34-,35?/m0/s1. The van der Waals surface area contributed by atoms with Gasteiger partial charge in [0.15, 0.2) is 5.78 Å². The number of carbonyl (C=O) groups excluding carboxylic acids is 5. The van der Waals surface area contributed by atoms with Crippen LogP contribution in [0, 0.1) is 11.8 Å². The summed E-state index contributed by atoms with van der Waals surface area (Å²) in [6, 6.07) is 11.4. The topological polar surface area (TPSA) is 164 Å². The maximum Gasteiger partial charge on any atom is 0.243 e. The lowest BCUT2D eigenvalue weighted by Crippen LogP contribution is -2.58. The summed E-state index contributed by atoms with van der Waals surface area (Å²) >= 11 is 0. The fourth-order valence-corrected chi connectivity index (χ4v) is 5.92. The van der Waals surface area contributed by atoms with Crippen LogP contribution in [0.3, 0.4) is 0 Å². The molecule has 4 amide bonds. The van der Waals surface area contributed by atoms with E-state index in [0.29, 0.717) is 56.9 Å². The van der Waals surface area contributed by atoms with Gasteiger partial charge >= 0.3 is 0 Å². The highest BCUT2D eigenvalue weighted by atomic mass is 16.5. The first-order valence-corrected chi connectivity index (χ1v) is 17.9. The zero-order chi connectivity index (χ0) is 36.0. The van der Waals surface area contributed by atoms with Gasteiger partial charge in [-0.25, -0.2) is 0 Å². The Morgan fingerprint density at radius 1 is 0.760 bits per heavy atom. The van der Waals surface area contributed by atoms with E-state index in [1.807, 2.05) is 76.2 Å². The quantitative estimate of drug-likeness (QED) is 0.296. The SMILES string of the molecule is CCC(C)C1NC(=O)C(NCC(=O)[C@@H]2Cc3ccc(cc3)OCCCCC(=O)N[C@@H](C(C)C)C(=O)N2)Cc2ccc(cc2)OCCCNC1=O. The number of benzene rings is 2. The largest absolute Gasteiger partial charge is 0.494 e. The molecule has 0 saturated heterocycles. The number of amides is 4. The minimum atomic E-state index is -0.951. The Morgan fingerprint density at radius 3 is 2.00 bits per heavy atom. The highest BCUT2D eigenvalue weighted by Gasteiger charge is 2.32. The Kier molecular flexibility index (Phi) is 14.6. The van der Waals surface area contributed by atoms with Crippen LogP contribution in [0.1, 0.15) is 70.9 Å². The van der Waals surface area contributed by atoms with Crippen LogP contribution in [0.4, 0.5) is 0 Å². The average Bonchev–Trinajstić information content (AvgIpc) is 3.10. The predicted molar refractivity (Wildman–Crippen MR) is 190 cm³/mol. The number of rotatable bonds is 7. The van der Waals surface area contributed by atoms with Gasteiger partial charge in [-0.2, -0.15) is 0 Å². The van der Waals surface area contributed by atoms with E-state index in [4.69, 9.17) is 9.47 Å². The highest BCUT2D eigenvalue weighted by Crippen LogP contribution is 2.17. The van der Waals surface area contributed by atoms with Crippen LogP contribution < -0.4 is 36.1 Å². The number of nitrogens with one attached hydrogen (secondary N) is 5. The van der Waals surface area contributed by atoms with Crippen molar-refractivity contribution >= 4 is 29.4 Å². The lowest BCUT2D eigenvalue weighted by atomic mass is 9.96. The van der Waals surface area contributed by atoms with E-state index in [-0.39, 0.29) is 55.2 Å². The molecular weight excluding hydrogens is 638 g/mol. The molecule has 12 heteroatoms. The number of carbonyl (C=O) groups is 5. The van der Waals surface area contributed by atoms with Crippen LogP contribution in [0.5, 0.6) is 11.5 Å². The van der Waals surface area contributed by atoms with Gasteiger partial charge in [0.25, 0.3) is 0 Å². The van der Waals surface area contributed by atoms with Crippen molar-refractivity contribution < 1.29 is 33.4 Å². The molecule has 6 rings (SSSR count). The molecule has 272 valence electrons. The Balaban J connectivity index is 1.58. The molecule has 5 atom stereocenters. The van der Waals surface area contributed by atoms with Gasteiger partial charge in [0.2, 0.25) is 23.6 Å². The third-order valence-electron chi connectivity index (χ3n) is 9.29. The fourth-order valence-electron chi connectivity index (χ4n) is 5.92. The summed E-state index contributed by atoms with van der Waals surface area (Å²) in [5.41, 5.74) is 1.65. The third kappa shape index (κ3) is 11.6. The molecule has 0 fully saturated rings. The molecule has 0 aliphatic carbocycles. The van der Waals surface area contributed by atoms with Crippen LogP contribution in [0.25, 0.3) is 0 Å². The number of hydrogen-bond acceptors (Lipinski definition) is 8. The monoisotopic (exact) mass is 691 g/mol. The first-order valence-electron chi connectivity index (χ1n) is 17.9. The van der Waals surface area contributed by atoms with Crippen LogP contribution in [-0.2, 0) is 36.8 Å². The fraction of sp³-hybridized carbons (Fsp3) is 0.553. The Bertz CT molecular complexity index is 1450. The molecule has 0 spiro atoms. The third-order valence-corrected chi connectivity index (χ3v) is 9.29. The summed E-state index contributed by atoms with van der Waals surface area (Å²) in [6.07, 6.45) is 3.28. The van der Waals surface area contributed by atoms with Crippen molar-refractivity contribution in [1.82, 2.24) is 26.6 Å². The molecule has 4 aliphatic rings. The smallest absolute Gasteiger partial charge is 0.243 e. The van der Waals surface area contributed by atoms with E-state index in [9.17, 15) is 24.0 Å². The van der Waals surface area contributed by atoms with Gasteiger partial charge in [0.05, 0.1) is 31.8 Å². The Hall–Kier alpha value is -4.45. The zero-order valence-corrected chi connectivity index (χ0v) is 29.7. The molecule has 5 N–H and O–H groups in total. The first kappa shape index (κ1) is 38.4. The maximum absolute atomic E-state index is 14.0. The number of ether oxygens (including phenoxy) is 2. The highest BCUT2D eigenvalue weighted by molar-refractivity contribution is 5.94. The van der Waals surface area contributed by atoms with E-state index in [0.717, 1.165) is 11.1 Å².